The Hall–Kier alpha value is -2.29. The van der Waals surface area contributed by atoms with Crippen LogP contribution in [-0.4, -0.2) is 19.6 Å². The molecule has 0 aliphatic carbocycles. The van der Waals surface area contributed by atoms with Gasteiger partial charge < -0.3 is 9.47 Å². The Morgan fingerprint density at radius 3 is 2.52 bits per heavy atom. The zero-order valence-electron chi connectivity index (χ0n) is 16.0. The highest BCUT2D eigenvalue weighted by Crippen LogP contribution is 2.52. The summed E-state index contributed by atoms with van der Waals surface area (Å²) < 4.78 is 24.9. The fourth-order valence-corrected chi connectivity index (χ4v) is 6.80. The van der Waals surface area contributed by atoms with Gasteiger partial charge in [-0.1, -0.05) is 32.9 Å². The molecule has 0 unspecified atom stereocenters. The molecule has 4 nitrogen and oxygen atoms in total. The van der Waals surface area contributed by atoms with Gasteiger partial charge in [0.25, 0.3) is 5.91 Å². The lowest BCUT2D eigenvalue weighted by atomic mass is 9.87. The predicted octanol–water partition coefficient (Wildman–Crippen LogP) is 6.01. The number of ether oxygens (including phenoxy) is 2. The summed E-state index contributed by atoms with van der Waals surface area (Å²) in [6, 6.07) is 11.3. The molecule has 1 amide bonds. The van der Waals surface area contributed by atoms with Crippen molar-refractivity contribution in [1.29, 1.82) is 0 Å². The third kappa shape index (κ3) is 3.45. The van der Waals surface area contributed by atoms with Crippen LogP contribution in [-0.2, 0) is 10.3 Å². The standard InChI is InChI=1S/C21H18FNO3S3/c1-21(2)19-18(20(27)29-28-19)15-9-8-14(25-3)10-16(15)23(21)17(24)11-26-13-6-4-12(22)5-7-13/h4-10H,11H2,1-3H3. The minimum atomic E-state index is -0.601. The maximum absolute atomic E-state index is 13.3. The highest BCUT2D eigenvalue weighted by atomic mass is 32.9. The Labute approximate surface area is 180 Å². The topological polar surface area (TPSA) is 38.8 Å². The molecule has 3 aromatic rings. The zero-order valence-corrected chi connectivity index (χ0v) is 18.5. The van der Waals surface area contributed by atoms with Crippen LogP contribution in [0.2, 0.25) is 0 Å². The molecular formula is C21H18FNO3S3. The van der Waals surface area contributed by atoms with Crippen molar-refractivity contribution >= 4 is 44.5 Å². The molecule has 1 aliphatic heterocycles. The maximum Gasteiger partial charge on any atom is 0.265 e. The lowest BCUT2D eigenvalue weighted by Crippen LogP contribution is -2.49. The molecule has 29 heavy (non-hydrogen) atoms. The van der Waals surface area contributed by atoms with Crippen molar-refractivity contribution in [2.75, 3.05) is 18.6 Å². The van der Waals surface area contributed by atoms with Crippen molar-refractivity contribution in [3.63, 3.8) is 0 Å². The molecule has 0 saturated carbocycles. The molecule has 4 rings (SSSR count). The number of amides is 1. The maximum atomic E-state index is 13.3. The quantitative estimate of drug-likeness (QED) is 0.362. The molecule has 0 atom stereocenters. The summed E-state index contributed by atoms with van der Waals surface area (Å²) in [5.74, 6) is 0.536. The van der Waals surface area contributed by atoms with E-state index < -0.39 is 5.54 Å². The van der Waals surface area contributed by atoms with Crippen molar-refractivity contribution in [3.8, 4) is 22.6 Å². The van der Waals surface area contributed by atoms with Gasteiger partial charge in [0.05, 0.1) is 23.2 Å². The molecule has 0 N–H and O–H groups in total. The van der Waals surface area contributed by atoms with Crippen LogP contribution in [0.1, 0.15) is 18.7 Å². The van der Waals surface area contributed by atoms with E-state index in [9.17, 15) is 9.18 Å². The molecule has 0 saturated heterocycles. The number of rotatable bonds is 4. The second kappa shape index (κ2) is 7.51. The molecule has 0 radical (unpaired) electrons. The van der Waals surface area contributed by atoms with Crippen LogP contribution in [0, 0.1) is 9.64 Å². The van der Waals surface area contributed by atoms with E-state index in [0.29, 0.717) is 11.5 Å². The van der Waals surface area contributed by atoms with Gasteiger partial charge in [-0.3, -0.25) is 9.69 Å². The number of benzene rings is 2. The van der Waals surface area contributed by atoms with Gasteiger partial charge in [-0.25, -0.2) is 4.39 Å². The second-order valence-electron chi connectivity index (χ2n) is 7.07. The molecule has 1 aromatic heterocycles. The summed E-state index contributed by atoms with van der Waals surface area (Å²) in [4.78, 5) is 16.1. The van der Waals surface area contributed by atoms with E-state index in [-0.39, 0.29) is 18.3 Å². The smallest absolute Gasteiger partial charge is 0.265 e. The van der Waals surface area contributed by atoms with Crippen molar-refractivity contribution < 1.29 is 18.7 Å². The SMILES string of the molecule is COc1ccc2c(c1)N(C(=O)COc1ccc(F)cc1)C(C)(C)c1ssc(=S)c1-2. The zero-order chi connectivity index (χ0) is 20.8. The molecule has 0 bridgehead atoms. The van der Waals surface area contributed by atoms with Crippen LogP contribution in [0.4, 0.5) is 10.1 Å². The van der Waals surface area contributed by atoms with E-state index in [1.807, 2.05) is 32.0 Å². The van der Waals surface area contributed by atoms with Gasteiger partial charge in [-0.15, -0.1) is 0 Å². The Balaban J connectivity index is 1.75. The normalized spacial score (nSPS) is 14.1. The summed E-state index contributed by atoms with van der Waals surface area (Å²) >= 11 is 5.58. The van der Waals surface area contributed by atoms with Crippen LogP contribution in [0.5, 0.6) is 11.5 Å². The molecule has 1 aliphatic rings. The average molecular weight is 448 g/mol. The van der Waals surface area contributed by atoms with Crippen LogP contribution in [0.3, 0.4) is 0 Å². The fourth-order valence-electron chi connectivity index (χ4n) is 3.52. The van der Waals surface area contributed by atoms with Crippen LogP contribution >= 0.6 is 32.9 Å². The number of nitrogens with zero attached hydrogens (tertiary/aromatic N) is 1. The van der Waals surface area contributed by atoms with Gasteiger partial charge >= 0.3 is 0 Å². The molecule has 8 heteroatoms. The first kappa shape index (κ1) is 20.0. The summed E-state index contributed by atoms with van der Waals surface area (Å²) in [5.41, 5.74) is 2.07. The van der Waals surface area contributed by atoms with Crippen molar-refractivity contribution in [1.82, 2.24) is 0 Å². The van der Waals surface area contributed by atoms with Gasteiger partial charge in [0.1, 0.15) is 21.1 Å². The summed E-state index contributed by atoms with van der Waals surface area (Å²) in [5, 5.41) is 0. The highest BCUT2D eigenvalue weighted by molar-refractivity contribution is 7.80. The van der Waals surface area contributed by atoms with Crippen LogP contribution in [0.25, 0.3) is 11.1 Å². The largest absolute Gasteiger partial charge is 0.497 e. The van der Waals surface area contributed by atoms with Gasteiger partial charge in [0.15, 0.2) is 6.61 Å². The number of anilines is 1. The third-order valence-corrected chi connectivity index (χ3v) is 8.22. The van der Waals surface area contributed by atoms with E-state index >= 15 is 0 Å². The van der Waals surface area contributed by atoms with E-state index in [2.05, 4.69) is 0 Å². The lowest BCUT2D eigenvalue weighted by molar-refractivity contribution is -0.121. The number of carbonyl (C=O) groups is 1. The van der Waals surface area contributed by atoms with E-state index in [0.717, 1.165) is 25.5 Å². The first-order valence-corrected chi connectivity index (χ1v) is 11.4. The number of hydrogen-bond donors (Lipinski definition) is 0. The fraction of sp³-hybridized carbons (Fsp3) is 0.238. The minimum Gasteiger partial charge on any atom is -0.497 e. The highest BCUT2D eigenvalue weighted by Gasteiger charge is 2.43. The molecule has 2 heterocycles. The van der Waals surface area contributed by atoms with Crippen molar-refractivity contribution in [3.05, 3.63) is 57.0 Å². The number of methoxy groups -OCH3 is 1. The summed E-state index contributed by atoms with van der Waals surface area (Å²) in [6.45, 7) is 3.83. The Kier molecular flexibility index (Phi) is 5.18. The first-order chi connectivity index (χ1) is 13.8. The van der Waals surface area contributed by atoms with Gasteiger partial charge in [-0.05, 0) is 50.2 Å². The van der Waals surface area contributed by atoms with Gasteiger partial charge in [0, 0.05) is 17.2 Å². The number of carbonyl (C=O) groups excluding carboxylic acids is 1. The summed E-state index contributed by atoms with van der Waals surface area (Å²) in [6.07, 6.45) is 0. The second-order valence-corrected chi connectivity index (χ2v) is 9.89. The minimum absolute atomic E-state index is 0.170. The van der Waals surface area contributed by atoms with Crippen molar-refractivity contribution in [2.24, 2.45) is 0 Å². The monoisotopic (exact) mass is 447 g/mol. The van der Waals surface area contributed by atoms with Gasteiger partial charge in [0.2, 0.25) is 0 Å². The van der Waals surface area contributed by atoms with Gasteiger partial charge in [-0.2, -0.15) is 0 Å². The Bertz CT molecular complexity index is 1130. The van der Waals surface area contributed by atoms with Crippen LogP contribution < -0.4 is 14.4 Å². The van der Waals surface area contributed by atoms with E-state index in [4.69, 9.17) is 21.7 Å². The molecular weight excluding hydrogens is 429 g/mol. The molecule has 150 valence electrons. The predicted molar refractivity (Wildman–Crippen MR) is 117 cm³/mol. The Morgan fingerprint density at radius 2 is 1.83 bits per heavy atom. The number of fused-ring (bicyclic) bond motifs is 3. The van der Waals surface area contributed by atoms with E-state index in [1.165, 1.54) is 24.3 Å². The van der Waals surface area contributed by atoms with E-state index in [1.54, 1.807) is 32.7 Å². The molecule has 0 fully saturated rings. The first-order valence-electron chi connectivity index (χ1n) is 8.86. The Morgan fingerprint density at radius 1 is 1.14 bits per heavy atom. The number of hydrogen-bond acceptors (Lipinski definition) is 6. The third-order valence-electron chi connectivity index (χ3n) is 4.89. The molecule has 0 spiro atoms. The average Bonchev–Trinajstić information content (AvgIpc) is 3.10. The lowest BCUT2D eigenvalue weighted by Gasteiger charge is -2.42. The number of halogens is 1. The van der Waals surface area contributed by atoms with Crippen molar-refractivity contribution in [2.45, 2.75) is 19.4 Å². The van der Waals surface area contributed by atoms with Crippen LogP contribution in [0.15, 0.2) is 42.5 Å². The summed E-state index contributed by atoms with van der Waals surface area (Å²) in [7, 11) is 4.73. The molecule has 2 aromatic carbocycles.